The molecule has 94 valence electrons. The Kier molecular flexibility index (Phi) is 6.02. The fourth-order valence-corrected chi connectivity index (χ4v) is 2.16. The van der Waals surface area contributed by atoms with Gasteiger partial charge < -0.3 is 19.6 Å². The van der Waals surface area contributed by atoms with Crippen molar-refractivity contribution in [2.45, 2.75) is 13.8 Å². The second-order valence-corrected chi connectivity index (χ2v) is 4.60. The Balaban J connectivity index is 2.48. The summed E-state index contributed by atoms with van der Waals surface area (Å²) in [7, 11) is -0.944. The van der Waals surface area contributed by atoms with Gasteiger partial charge in [-0.15, -0.1) is 0 Å². The van der Waals surface area contributed by atoms with Gasteiger partial charge in [0.15, 0.2) is 0 Å². The molecule has 0 amide bonds. The second kappa shape index (κ2) is 7.62. The van der Waals surface area contributed by atoms with Crippen LogP contribution in [0.25, 0.3) is 0 Å². The monoisotopic (exact) mass is 253 g/mol. The first-order valence-electron chi connectivity index (χ1n) is 5.68. The average molecular weight is 253 g/mol. The SMILES string of the molecule is CCOC=C(OCC)[SiH2]Oc1ccc(N)cc1. The van der Waals surface area contributed by atoms with Gasteiger partial charge in [-0.05, 0) is 38.1 Å². The van der Waals surface area contributed by atoms with Gasteiger partial charge >= 0.3 is 0 Å². The Bertz CT molecular complexity index is 351. The molecule has 17 heavy (non-hydrogen) atoms. The Morgan fingerprint density at radius 2 is 1.94 bits per heavy atom. The summed E-state index contributed by atoms with van der Waals surface area (Å²) in [4.78, 5) is 0. The molecule has 0 saturated heterocycles. The quantitative estimate of drug-likeness (QED) is 0.455. The van der Waals surface area contributed by atoms with Gasteiger partial charge in [-0.1, -0.05) is 0 Å². The molecule has 0 unspecified atom stereocenters. The third-order valence-electron chi connectivity index (χ3n) is 1.97. The highest BCUT2D eigenvalue weighted by atomic mass is 28.2. The highest BCUT2D eigenvalue weighted by Gasteiger charge is 2.02. The number of hydrogen-bond donors (Lipinski definition) is 1. The van der Waals surface area contributed by atoms with E-state index in [0.717, 1.165) is 16.8 Å². The van der Waals surface area contributed by atoms with Crippen molar-refractivity contribution in [3.05, 3.63) is 35.9 Å². The first kappa shape index (κ1) is 13.4. The number of benzene rings is 1. The van der Waals surface area contributed by atoms with Crippen molar-refractivity contribution >= 4 is 15.5 Å². The van der Waals surface area contributed by atoms with Gasteiger partial charge in [-0.3, -0.25) is 0 Å². The number of nitrogen functional groups attached to an aromatic ring is 1. The number of hydrogen-bond acceptors (Lipinski definition) is 4. The molecule has 0 atom stereocenters. The van der Waals surface area contributed by atoms with Crippen LogP contribution in [0.1, 0.15) is 13.8 Å². The molecule has 0 bridgehead atoms. The van der Waals surface area contributed by atoms with Gasteiger partial charge in [-0.2, -0.15) is 0 Å². The molecule has 0 heterocycles. The normalized spacial score (nSPS) is 11.8. The summed E-state index contributed by atoms with van der Waals surface area (Å²) in [6.07, 6.45) is 1.65. The van der Waals surface area contributed by atoms with Crippen molar-refractivity contribution in [2.24, 2.45) is 0 Å². The standard InChI is InChI=1S/C12H19NO3Si/c1-3-14-9-12(15-4-2)17-16-11-7-5-10(13)6-8-11/h5-9H,3-4,13,17H2,1-2H3. The van der Waals surface area contributed by atoms with E-state index in [1.165, 1.54) is 0 Å². The molecular formula is C12H19NO3Si. The van der Waals surface area contributed by atoms with Crippen LogP contribution in [0.15, 0.2) is 35.9 Å². The molecule has 0 radical (unpaired) electrons. The van der Waals surface area contributed by atoms with Crippen molar-refractivity contribution < 1.29 is 13.9 Å². The minimum Gasteiger partial charge on any atom is -0.541 e. The third kappa shape index (κ3) is 5.30. The zero-order valence-electron chi connectivity index (χ0n) is 10.3. The van der Waals surface area contributed by atoms with Crippen LogP contribution in [-0.2, 0) is 9.47 Å². The Morgan fingerprint density at radius 3 is 2.53 bits per heavy atom. The van der Waals surface area contributed by atoms with E-state index in [1.54, 1.807) is 6.26 Å². The molecule has 0 saturated carbocycles. The Morgan fingerprint density at radius 1 is 1.24 bits per heavy atom. The van der Waals surface area contributed by atoms with E-state index in [2.05, 4.69) is 0 Å². The molecule has 0 spiro atoms. The second-order valence-electron chi connectivity index (χ2n) is 3.33. The first-order valence-corrected chi connectivity index (χ1v) is 6.96. The van der Waals surface area contributed by atoms with Crippen LogP contribution >= 0.6 is 0 Å². The minimum absolute atomic E-state index is 0.622. The van der Waals surface area contributed by atoms with Crippen LogP contribution in [0.5, 0.6) is 5.75 Å². The molecule has 4 nitrogen and oxygen atoms in total. The predicted octanol–water partition coefficient (Wildman–Crippen LogP) is 1.60. The van der Waals surface area contributed by atoms with Crippen molar-refractivity contribution in [1.29, 1.82) is 0 Å². The summed E-state index contributed by atoms with van der Waals surface area (Å²) < 4.78 is 16.3. The lowest BCUT2D eigenvalue weighted by Crippen LogP contribution is -2.10. The average Bonchev–Trinajstić information content (AvgIpc) is 2.35. The first-order chi connectivity index (χ1) is 8.26. The third-order valence-corrected chi connectivity index (χ3v) is 3.11. The maximum atomic E-state index is 5.68. The molecule has 0 aliphatic carbocycles. The molecule has 0 fully saturated rings. The summed E-state index contributed by atoms with van der Waals surface area (Å²) in [5.41, 5.74) is 6.33. The van der Waals surface area contributed by atoms with Crippen molar-refractivity contribution in [2.75, 3.05) is 18.9 Å². The van der Waals surface area contributed by atoms with Crippen LogP contribution in [0, 0.1) is 0 Å². The Hall–Kier alpha value is -1.62. The summed E-state index contributed by atoms with van der Waals surface area (Å²) >= 11 is 0. The molecular weight excluding hydrogens is 234 g/mol. The maximum Gasteiger partial charge on any atom is 0.293 e. The molecule has 1 rings (SSSR count). The van der Waals surface area contributed by atoms with Crippen molar-refractivity contribution in [3.8, 4) is 5.75 Å². The van der Waals surface area contributed by atoms with Crippen LogP contribution in [-0.4, -0.2) is 23.0 Å². The van der Waals surface area contributed by atoms with Crippen LogP contribution in [0.3, 0.4) is 0 Å². The predicted molar refractivity (Wildman–Crippen MR) is 71.4 cm³/mol. The lowest BCUT2D eigenvalue weighted by molar-refractivity contribution is 0.206. The summed E-state index contributed by atoms with van der Waals surface area (Å²) in [5.74, 6) is 0.813. The van der Waals surface area contributed by atoms with Gasteiger partial charge in [-0.25, -0.2) is 0 Å². The zero-order chi connectivity index (χ0) is 12.5. The van der Waals surface area contributed by atoms with Crippen molar-refractivity contribution in [1.82, 2.24) is 0 Å². The Labute approximate surface area is 104 Å². The van der Waals surface area contributed by atoms with E-state index in [9.17, 15) is 0 Å². The maximum absolute atomic E-state index is 5.68. The van der Waals surface area contributed by atoms with Gasteiger partial charge in [0.25, 0.3) is 9.76 Å². The van der Waals surface area contributed by atoms with Gasteiger partial charge in [0.05, 0.1) is 13.2 Å². The van der Waals surface area contributed by atoms with Gasteiger partial charge in [0, 0.05) is 5.69 Å². The fourth-order valence-electron chi connectivity index (χ4n) is 1.19. The number of ether oxygens (including phenoxy) is 2. The molecule has 1 aromatic carbocycles. The lowest BCUT2D eigenvalue weighted by atomic mass is 10.3. The number of rotatable bonds is 7. The van der Waals surface area contributed by atoms with E-state index in [4.69, 9.17) is 19.6 Å². The topological polar surface area (TPSA) is 53.7 Å². The fraction of sp³-hybridized carbons (Fsp3) is 0.333. The van der Waals surface area contributed by atoms with Gasteiger partial charge in [0.2, 0.25) is 0 Å². The van der Waals surface area contributed by atoms with E-state index >= 15 is 0 Å². The largest absolute Gasteiger partial charge is 0.541 e. The van der Waals surface area contributed by atoms with E-state index in [-0.39, 0.29) is 0 Å². The molecule has 0 aliphatic rings. The molecule has 0 aromatic heterocycles. The molecule has 5 heteroatoms. The van der Waals surface area contributed by atoms with Crippen molar-refractivity contribution in [3.63, 3.8) is 0 Å². The molecule has 2 N–H and O–H groups in total. The van der Waals surface area contributed by atoms with E-state index in [0.29, 0.717) is 13.2 Å². The lowest BCUT2D eigenvalue weighted by Gasteiger charge is -2.10. The zero-order valence-corrected chi connectivity index (χ0v) is 11.7. The van der Waals surface area contributed by atoms with Crippen LogP contribution in [0.4, 0.5) is 5.69 Å². The van der Waals surface area contributed by atoms with Gasteiger partial charge in [0.1, 0.15) is 17.4 Å². The summed E-state index contributed by atoms with van der Waals surface area (Å²) in [5, 5.41) is 0.811. The number of anilines is 1. The summed E-state index contributed by atoms with van der Waals surface area (Å²) in [6.45, 7) is 5.13. The van der Waals surface area contributed by atoms with E-state index in [1.807, 2.05) is 38.1 Å². The van der Waals surface area contributed by atoms with E-state index < -0.39 is 9.76 Å². The smallest absolute Gasteiger partial charge is 0.293 e. The highest BCUT2D eigenvalue weighted by Crippen LogP contribution is 2.13. The molecule has 0 aliphatic heterocycles. The van der Waals surface area contributed by atoms with Crippen LogP contribution < -0.4 is 10.2 Å². The highest BCUT2D eigenvalue weighted by molar-refractivity contribution is 6.37. The summed E-state index contributed by atoms with van der Waals surface area (Å²) in [6, 6.07) is 7.34. The molecule has 1 aromatic rings. The minimum atomic E-state index is -0.944. The number of nitrogens with two attached hydrogens (primary N) is 1. The van der Waals surface area contributed by atoms with Crippen LogP contribution in [0.2, 0.25) is 0 Å².